The third-order valence-electron chi connectivity index (χ3n) is 6.08. The molecule has 0 aromatic heterocycles. The fourth-order valence-corrected chi connectivity index (χ4v) is 4.79. The van der Waals surface area contributed by atoms with Crippen molar-refractivity contribution in [2.24, 2.45) is 0 Å². The average Bonchev–Trinajstić information content (AvgIpc) is 3.13. The second-order valence-electron chi connectivity index (χ2n) is 7.81. The molecule has 28 heavy (non-hydrogen) atoms. The summed E-state index contributed by atoms with van der Waals surface area (Å²) in [5.74, 6) is -3.40. The summed E-state index contributed by atoms with van der Waals surface area (Å²) in [5, 5.41) is 5.65. The summed E-state index contributed by atoms with van der Waals surface area (Å²) in [7, 11) is 0. The number of nitrogens with zero attached hydrogens (tertiary/aromatic N) is 2. The van der Waals surface area contributed by atoms with Crippen LogP contribution in [0.4, 0.5) is 10.1 Å². The monoisotopic (exact) mass is 386 g/mol. The SMILES string of the molecule is O=C1CCC(N2C(=O)c3c(F)ccc(N4C[C@H]5CC[C@@H](C4)N5)c3C2=O)C(=O)N1. The summed E-state index contributed by atoms with van der Waals surface area (Å²) in [6.07, 6.45) is 2.16. The molecule has 2 N–H and O–H groups in total. The van der Waals surface area contributed by atoms with E-state index in [1.54, 1.807) is 0 Å². The summed E-state index contributed by atoms with van der Waals surface area (Å²) in [5.41, 5.74) is 0.275. The molecule has 146 valence electrons. The molecule has 4 heterocycles. The number of piperazine rings is 1. The summed E-state index contributed by atoms with van der Waals surface area (Å²) in [6.45, 7) is 1.35. The van der Waals surface area contributed by atoms with E-state index in [0.717, 1.165) is 17.7 Å². The fraction of sp³-hybridized carbons (Fsp3) is 0.474. The van der Waals surface area contributed by atoms with E-state index >= 15 is 0 Å². The van der Waals surface area contributed by atoms with Crippen LogP contribution in [-0.4, -0.2) is 59.7 Å². The minimum Gasteiger partial charge on any atom is -0.368 e. The topological polar surface area (TPSA) is 98.8 Å². The summed E-state index contributed by atoms with van der Waals surface area (Å²) < 4.78 is 14.5. The highest BCUT2D eigenvalue weighted by molar-refractivity contribution is 6.25. The Morgan fingerprint density at radius 1 is 0.929 bits per heavy atom. The summed E-state index contributed by atoms with van der Waals surface area (Å²) in [4.78, 5) is 52.5. The van der Waals surface area contributed by atoms with Gasteiger partial charge in [-0.3, -0.25) is 29.4 Å². The van der Waals surface area contributed by atoms with Crippen LogP contribution in [0.2, 0.25) is 0 Å². The second kappa shape index (κ2) is 6.10. The Morgan fingerprint density at radius 2 is 1.61 bits per heavy atom. The number of carbonyl (C=O) groups is 4. The number of anilines is 1. The first kappa shape index (κ1) is 17.3. The molecule has 0 saturated carbocycles. The number of imide groups is 2. The molecule has 0 radical (unpaired) electrons. The van der Waals surface area contributed by atoms with Gasteiger partial charge in [0.25, 0.3) is 11.8 Å². The molecule has 3 atom stereocenters. The second-order valence-corrected chi connectivity index (χ2v) is 7.81. The molecular formula is C19H19FN4O4. The van der Waals surface area contributed by atoms with Crippen LogP contribution in [0.15, 0.2) is 12.1 Å². The number of rotatable bonds is 2. The number of amides is 4. The number of halogens is 1. The summed E-state index contributed by atoms with van der Waals surface area (Å²) in [6, 6.07) is 2.25. The van der Waals surface area contributed by atoms with Gasteiger partial charge < -0.3 is 10.2 Å². The van der Waals surface area contributed by atoms with E-state index in [4.69, 9.17) is 0 Å². The molecule has 8 nitrogen and oxygen atoms in total. The Kier molecular flexibility index (Phi) is 3.77. The molecule has 9 heteroatoms. The maximum Gasteiger partial charge on any atom is 0.265 e. The summed E-state index contributed by atoms with van der Waals surface area (Å²) >= 11 is 0. The molecule has 4 aliphatic heterocycles. The van der Waals surface area contributed by atoms with Crippen LogP contribution in [0.1, 0.15) is 46.4 Å². The normalized spacial score (nSPS) is 29.4. The van der Waals surface area contributed by atoms with E-state index in [2.05, 4.69) is 10.6 Å². The van der Waals surface area contributed by atoms with Crippen molar-refractivity contribution < 1.29 is 23.6 Å². The molecule has 4 amide bonds. The van der Waals surface area contributed by atoms with E-state index in [0.29, 0.717) is 30.9 Å². The molecule has 1 unspecified atom stereocenters. The third kappa shape index (κ3) is 2.46. The van der Waals surface area contributed by atoms with Crippen molar-refractivity contribution >= 4 is 29.3 Å². The first-order valence-electron chi connectivity index (χ1n) is 9.49. The van der Waals surface area contributed by atoms with Crippen molar-refractivity contribution in [2.45, 2.75) is 43.8 Å². The standard InChI is InChI=1S/C19H19FN4O4/c20-11-3-4-12(23-7-9-1-2-10(8-23)21-9)16-15(11)18(27)24(19(16)28)13-5-6-14(25)22-17(13)26/h3-4,9-10,13,21H,1-2,5-8H2,(H,22,25,26)/t9-,10+,13?. The van der Waals surface area contributed by atoms with Crippen LogP contribution in [0, 0.1) is 5.82 Å². The maximum atomic E-state index is 14.5. The average molecular weight is 386 g/mol. The number of piperidine rings is 1. The van der Waals surface area contributed by atoms with Crippen LogP contribution in [0.5, 0.6) is 0 Å². The van der Waals surface area contributed by atoms with Gasteiger partial charge in [-0.05, 0) is 31.4 Å². The van der Waals surface area contributed by atoms with Crippen molar-refractivity contribution in [2.75, 3.05) is 18.0 Å². The van der Waals surface area contributed by atoms with E-state index in [9.17, 15) is 23.6 Å². The number of hydrogen-bond donors (Lipinski definition) is 2. The maximum absolute atomic E-state index is 14.5. The smallest absolute Gasteiger partial charge is 0.265 e. The van der Waals surface area contributed by atoms with Gasteiger partial charge in [-0.1, -0.05) is 0 Å². The predicted octanol–water partition coefficient (Wildman–Crippen LogP) is 0.168. The first-order chi connectivity index (χ1) is 13.4. The van der Waals surface area contributed by atoms with Crippen LogP contribution in [0.3, 0.4) is 0 Å². The van der Waals surface area contributed by atoms with Crippen molar-refractivity contribution in [3.8, 4) is 0 Å². The Hall–Kier alpha value is -2.81. The first-order valence-corrected chi connectivity index (χ1v) is 9.49. The highest BCUT2D eigenvalue weighted by Crippen LogP contribution is 2.37. The predicted molar refractivity (Wildman–Crippen MR) is 95.2 cm³/mol. The zero-order chi connectivity index (χ0) is 19.6. The van der Waals surface area contributed by atoms with E-state index < -0.39 is 35.5 Å². The van der Waals surface area contributed by atoms with Gasteiger partial charge in [-0.15, -0.1) is 0 Å². The lowest BCUT2D eigenvalue weighted by Crippen LogP contribution is -2.54. The van der Waals surface area contributed by atoms with Crippen LogP contribution in [0.25, 0.3) is 0 Å². The van der Waals surface area contributed by atoms with Gasteiger partial charge in [0.15, 0.2) is 0 Å². The molecule has 3 saturated heterocycles. The number of hydrogen-bond acceptors (Lipinski definition) is 6. The van der Waals surface area contributed by atoms with E-state index in [-0.39, 0.29) is 24.0 Å². The highest BCUT2D eigenvalue weighted by Gasteiger charge is 2.48. The molecule has 3 fully saturated rings. The fourth-order valence-electron chi connectivity index (χ4n) is 4.79. The Balaban J connectivity index is 1.54. The molecule has 5 rings (SSSR count). The van der Waals surface area contributed by atoms with Crippen LogP contribution >= 0.6 is 0 Å². The largest absolute Gasteiger partial charge is 0.368 e. The van der Waals surface area contributed by atoms with Gasteiger partial charge >= 0.3 is 0 Å². The van der Waals surface area contributed by atoms with Gasteiger partial charge in [0.2, 0.25) is 11.8 Å². The van der Waals surface area contributed by atoms with Crippen molar-refractivity contribution in [1.82, 2.24) is 15.5 Å². The lowest BCUT2D eigenvalue weighted by Gasteiger charge is -2.35. The van der Waals surface area contributed by atoms with Crippen molar-refractivity contribution in [1.29, 1.82) is 0 Å². The minimum absolute atomic E-state index is 0.0241. The number of nitrogens with one attached hydrogen (secondary N) is 2. The quantitative estimate of drug-likeness (QED) is 0.703. The number of fused-ring (bicyclic) bond motifs is 3. The molecule has 1 aromatic rings. The van der Waals surface area contributed by atoms with Gasteiger partial charge in [0, 0.05) is 31.6 Å². The van der Waals surface area contributed by atoms with Gasteiger partial charge in [-0.25, -0.2) is 4.39 Å². The molecule has 0 spiro atoms. The number of carbonyl (C=O) groups excluding carboxylic acids is 4. The van der Waals surface area contributed by atoms with E-state index in [1.165, 1.54) is 12.1 Å². The highest BCUT2D eigenvalue weighted by atomic mass is 19.1. The molecule has 4 aliphatic rings. The zero-order valence-electron chi connectivity index (χ0n) is 15.0. The zero-order valence-corrected chi connectivity index (χ0v) is 15.0. The molecule has 2 bridgehead atoms. The Bertz CT molecular complexity index is 921. The van der Waals surface area contributed by atoms with Crippen LogP contribution < -0.4 is 15.5 Å². The minimum atomic E-state index is -1.10. The van der Waals surface area contributed by atoms with Crippen molar-refractivity contribution in [3.63, 3.8) is 0 Å². The third-order valence-corrected chi connectivity index (χ3v) is 6.08. The van der Waals surface area contributed by atoms with Gasteiger partial charge in [-0.2, -0.15) is 0 Å². The van der Waals surface area contributed by atoms with E-state index in [1.807, 2.05) is 4.90 Å². The molecule has 1 aromatic carbocycles. The number of benzene rings is 1. The molecule has 0 aliphatic carbocycles. The van der Waals surface area contributed by atoms with Gasteiger partial charge in [0.05, 0.1) is 16.8 Å². The van der Waals surface area contributed by atoms with Crippen LogP contribution in [-0.2, 0) is 9.59 Å². The van der Waals surface area contributed by atoms with Gasteiger partial charge in [0.1, 0.15) is 11.9 Å². The lowest BCUT2D eigenvalue weighted by molar-refractivity contribution is -0.136. The Morgan fingerprint density at radius 3 is 2.29 bits per heavy atom. The lowest BCUT2D eigenvalue weighted by atomic mass is 10.0. The van der Waals surface area contributed by atoms with Crippen molar-refractivity contribution in [3.05, 3.63) is 29.1 Å². The Labute approximate surface area is 160 Å². The molecular weight excluding hydrogens is 367 g/mol.